The van der Waals surface area contributed by atoms with E-state index in [4.69, 9.17) is 9.92 Å². The molecule has 0 aliphatic rings. The van der Waals surface area contributed by atoms with E-state index in [9.17, 15) is 8.42 Å². The average Bonchev–Trinajstić information content (AvgIpc) is 2.47. The van der Waals surface area contributed by atoms with Crippen LogP contribution >= 0.6 is 0 Å². The second-order valence-corrected chi connectivity index (χ2v) is 6.40. The van der Waals surface area contributed by atoms with E-state index in [1.54, 1.807) is 12.1 Å². The number of nitrogen functional groups attached to an aromatic ring is 1. The summed E-state index contributed by atoms with van der Waals surface area (Å²) in [6.07, 6.45) is 3.23. The molecule has 2 N–H and O–H groups in total. The van der Waals surface area contributed by atoms with E-state index in [2.05, 4.69) is 6.92 Å². The predicted octanol–water partition coefficient (Wildman–Crippen LogP) is 3.38. The highest BCUT2D eigenvalue weighted by Crippen LogP contribution is 2.20. The van der Waals surface area contributed by atoms with Crippen LogP contribution in [0.25, 0.3) is 0 Å². The van der Waals surface area contributed by atoms with Gasteiger partial charge in [-0.25, -0.2) is 0 Å². The van der Waals surface area contributed by atoms with E-state index >= 15 is 0 Å². The Morgan fingerprint density at radius 2 is 1.62 bits per heavy atom. The van der Waals surface area contributed by atoms with E-state index in [1.807, 2.05) is 12.1 Å². The molecule has 0 saturated heterocycles. The Morgan fingerprint density at radius 1 is 1.00 bits per heavy atom. The van der Waals surface area contributed by atoms with Crippen LogP contribution in [0.15, 0.2) is 53.4 Å². The van der Waals surface area contributed by atoms with E-state index in [-0.39, 0.29) is 4.90 Å². The number of aryl methyl sites for hydroxylation is 1. The second kappa shape index (κ2) is 6.63. The first-order chi connectivity index (χ1) is 10.0. The lowest BCUT2D eigenvalue weighted by atomic mass is 10.1. The van der Waals surface area contributed by atoms with E-state index in [0.717, 1.165) is 19.3 Å². The van der Waals surface area contributed by atoms with Gasteiger partial charge in [-0.15, -0.1) is 0 Å². The molecule has 2 aromatic rings. The predicted molar refractivity (Wildman–Crippen MR) is 83.7 cm³/mol. The lowest BCUT2D eigenvalue weighted by Crippen LogP contribution is -2.09. The van der Waals surface area contributed by atoms with Gasteiger partial charge in [-0.2, -0.15) is 8.42 Å². The number of nitrogens with two attached hydrogens (primary N) is 1. The molecule has 112 valence electrons. The molecule has 0 atom stereocenters. The van der Waals surface area contributed by atoms with Gasteiger partial charge in [0, 0.05) is 5.69 Å². The SMILES string of the molecule is CCCCc1ccc(OS(=O)(=O)c2ccc(N)cc2)cc1. The first-order valence-corrected chi connectivity index (χ1v) is 8.31. The molecule has 0 spiro atoms. The van der Waals surface area contributed by atoms with Gasteiger partial charge in [0.1, 0.15) is 10.6 Å². The van der Waals surface area contributed by atoms with Crippen molar-refractivity contribution in [2.75, 3.05) is 5.73 Å². The van der Waals surface area contributed by atoms with Gasteiger partial charge in [0.15, 0.2) is 0 Å². The fraction of sp³-hybridized carbons (Fsp3) is 0.250. The maximum atomic E-state index is 12.1. The molecule has 0 aromatic heterocycles. The van der Waals surface area contributed by atoms with Crippen LogP contribution in [0.1, 0.15) is 25.3 Å². The summed E-state index contributed by atoms with van der Waals surface area (Å²) < 4.78 is 29.3. The first kappa shape index (κ1) is 15.4. The maximum absolute atomic E-state index is 12.1. The maximum Gasteiger partial charge on any atom is 0.339 e. The van der Waals surface area contributed by atoms with Crippen LogP contribution in [0.4, 0.5) is 5.69 Å². The smallest absolute Gasteiger partial charge is 0.339 e. The standard InChI is InChI=1S/C16H19NO3S/c1-2-3-4-13-5-9-15(10-6-13)20-21(18,19)16-11-7-14(17)8-12-16/h5-12H,2-4,17H2,1H3. The zero-order valence-corrected chi connectivity index (χ0v) is 12.8. The van der Waals surface area contributed by atoms with Crippen molar-refractivity contribution in [2.45, 2.75) is 31.1 Å². The molecule has 0 saturated carbocycles. The Hall–Kier alpha value is -2.01. The summed E-state index contributed by atoms with van der Waals surface area (Å²) in [6, 6.07) is 13.1. The van der Waals surface area contributed by atoms with Gasteiger partial charge in [-0.3, -0.25) is 0 Å². The van der Waals surface area contributed by atoms with Crippen LogP contribution in [0.5, 0.6) is 5.75 Å². The molecule has 2 rings (SSSR count). The molecular weight excluding hydrogens is 286 g/mol. The Labute approximate surface area is 125 Å². The van der Waals surface area contributed by atoms with Crippen molar-refractivity contribution in [1.82, 2.24) is 0 Å². The summed E-state index contributed by atoms with van der Waals surface area (Å²) in [5.74, 6) is 0.312. The van der Waals surface area contributed by atoms with Gasteiger partial charge in [0.05, 0.1) is 0 Å². The third kappa shape index (κ3) is 4.23. The van der Waals surface area contributed by atoms with Gasteiger partial charge in [-0.05, 0) is 54.8 Å². The molecule has 0 aliphatic heterocycles. The summed E-state index contributed by atoms with van der Waals surface area (Å²) in [5.41, 5.74) is 7.23. The Kier molecular flexibility index (Phi) is 4.85. The van der Waals surface area contributed by atoms with Crippen molar-refractivity contribution in [1.29, 1.82) is 0 Å². The topological polar surface area (TPSA) is 69.4 Å². The van der Waals surface area contributed by atoms with Crippen LogP contribution < -0.4 is 9.92 Å². The second-order valence-electron chi connectivity index (χ2n) is 4.85. The molecule has 4 nitrogen and oxygen atoms in total. The lowest BCUT2D eigenvalue weighted by molar-refractivity contribution is 0.486. The highest BCUT2D eigenvalue weighted by molar-refractivity contribution is 7.87. The number of benzene rings is 2. The van der Waals surface area contributed by atoms with E-state index < -0.39 is 10.1 Å². The van der Waals surface area contributed by atoms with Crippen LogP contribution in [0.3, 0.4) is 0 Å². The Balaban J connectivity index is 2.11. The molecule has 0 heterocycles. The number of anilines is 1. The fourth-order valence-electron chi connectivity index (χ4n) is 1.90. The summed E-state index contributed by atoms with van der Waals surface area (Å²) in [7, 11) is -3.82. The Bertz CT molecular complexity index is 676. The van der Waals surface area contributed by atoms with E-state index in [0.29, 0.717) is 11.4 Å². The van der Waals surface area contributed by atoms with Crippen LogP contribution in [-0.2, 0) is 16.5 Å². The van der Waals surface area contributed by atoms with Gasteiger partial charge in [-0.1, -0.05) is 25.5 Å². The largest absolute Gasteiger partial charge is 0.399 e. The molecule has 0 aliphatic carbocycles. The monoisotopic (exact) mass is 305 g/mol. The number of hydrogen-bond donors (Lipinski definition) is 1. The minimum absolute atomic E-state index is 0.0896. The molecule has 21 heavy (non-hydrogen) atoms. The average molecular weight is 305 g/mol. The number of hydrogen-bond acceptors (Lipinski definition) is 4. The fourth-order valence-corrected chi connectivity index (χ4v) is 2.83. The quantitative estimate of drug-likeness (QED) is 0.656. The molecule has 2 aromatic carbocycles. The van der Waals surface area contributed by atoms with Gasteiger partial charge < -0.3 is 9.92 Å². The van der Waals surface area contributed by atoms with Gasteiger partial charge >= 0.3 is 10.1 Å². The zero-order chi connectivity index (χ0) is 15.3. The highest BCUT2D eigenvalue weighted by atomic mass is 32.2. The summed E-state index contributed by atoms with van der Waals surface area (Å²) >= 11 is 0. The molecule has 0 radical (unpaired) electrons. The first-order valence-electron chi connectivity index (χ1n) is 6.90. The highest BCUT2D eigenvalue weighted by Gasteiger charge is 2.16. The van der Waals surface area contributed by atoms with Gasteiger partial charge in [0.25, 0.3) is 0 Å². The zero-order valence-electron chi connectivity index (χ0n) is 12.0. The Morgan fingerprint density at radius 3 is 2.19 bits per heavy atom. The van der Waals surface area contributed by atoms with Crippen molar-refractivity contribution in [3.63, 3.8) is 0 Å². The minimum atomic E-state index is -3.82. The summed E-state index contributed by atoms with van der Waals surface area (Å²) in [6.45, 7) is 2.14. The lowest BCUT2D eigenvalue weighted by Gasteiger charge is -2.08. The van der Waals surface area contributed by atoms with Crippen molar-refractivity contribution in [2.24, 2.45) is 0 Å². The van der Waals surface area contributed by atoms with Crippen molar-refractivity contribution >= 4 is 15.8 Å². The summed E-state index contributed by atoms with van der Waals surface area (Å²) in [5, 5.41) is 0. The normalized spacial score (nSPS) is 11.3. The van der Waals surface area contributed by atoms with Crippen molar-refractivity contribution < 1.29 is 12.6 Å². The molecule has 0 fully saturated rings. The van der Waals surface area contributed by atoms with Crippen LogP contribution in [0.2, 0.25) is 0 Å². The third-order valence-electron chi connectivity index (χ3n) is 3.12. The van der Waals surface area contributed by atoms with Crippen LogP contribution in [-0.4, -0.2) is 8.42 Å². The minimum Gasteiger partial charge on any atom is -0.399 e. The number of rotatable bonds is 6. The summed E-state index contributed by atoms with van der Waals surface area (Å²) in [4.78, 5) is 0.0896. The molecule has 5 heteroatoms. The molecular formula is C16H19NO3S. The molecule has 0 unspecified atom stereocenters. The molecule has 0 bridgehead atoms. The van der Waals surface area contributed by atoms with Crippen molar-refractivity contribution in [3.05, 3.63) is 54.1 Å². The van der Waals surface area contributed by atoms with Crippen LogP contribution in [0, 0.1) is 0 Å². The van der Waals surface area contributed by atoms with E-state index in [1.165, 1.54) is 29.8 Å². The third-order valence-corrected chi connectivity index (χ3v) is 4.38. The van der Waals surface area contributed by atoms with Gasteiger partial charge in [0.2, 0.25) is 0 Å². The number of unbranched alkanes of at least 4 members (excludes halogenated alkanes) is 1. The van der Waals surface area contributed by atoms with Crippen molar-refractivity contribution in [3.8, 4) is 5.75 Å². The molecule has 0 amide bonds.